The van der Waals surface area contributed by atoms with Crippen LogP contribution in [0.5, 0.6) is 11.5 Å². The van der Waals surface area contributed by atoms with Crippen LogP contribution in [0.2, 0.25) is 0 Å². The first-order valence-corrected chi connectivity index (χ1v) is 7.47. The molecule has 104 valence electrons. The highest BCUT2D eigenvalue weighted by Gasteiger charge is 2.17. The SMILES string of the molecule is C1=CSC2=Cc3ccccc3OC2=C1.Oc1ccccc1. The minimum atomic E-state index is 0.322. The summed E-state index contributed by atoms with van der Waals surface area (Å²) in [6.45, 7) is 0. The molecule has 0 saturated heterocycles. The summed E-state index contributed by atoms with van der Waals surface area (Å²) in [5, 5.41) is 10.7. The Hall–Kier alpha value is -2.39. The van der Waals surface area contributed by atoms with Crippen molar-refractivity contribution in [3.63, 3.8) is 0 Å². The standard InChI is InChI=1S/C12H8OS.C6H6O/c1-2-5-10-9(4-1)8-12-11(13-10)6-3-7-14-12;7-6-4-2-1-3-5-6/h1-8H;1-5,7H. The van der Waals surface area contributed by atoms with Gasteiger partial charge in [0.1, 0.15) is 17.3 Å². The lowest BCUT2D eigenvalue weighted by molar-refractivity contribution is 0.437. The van der Waals surface area contributed by atoms with Crippen LogP contribution in [0.1, 0.15) is 5.56 Å². The van der Waals surface area contributed by atoms with Crippen molar-refractivity contribution in [3.05, 3.63) is 88.4 Å². The van der Waals surface area contributed by atoms with E-state index in [2.05, 4.69) is 17.6 Å². The van der Waals surface area contributed by atoms with Gasteiger partial charge in [-0.25, -0.2) is 0 Å². The van der Waals surface area contributed by atoms with Crippen molar-refractivity contribution in [1.82, 2.24) is 0 Å². The van der Waals surface area contributed by atoms with Crippen molar-refractivity contribution in [2.45, 2.75) is 0 Å². The maximum atomic E-state index is 8.63. The van der Waals surface area contributed by atoms with Gasteiger partial charge in [0.05, 0.1) is 4.91 Å². The van der Waals surface area contributed by atoms with E-state index in [0.29, 0.717) is 5.75 Å². The first kappa shape index (κ1) is 13.6. The quantitative estimate of drug-likeness (QED) is 0.745. The number of ether oxygens (including phenoxy) is 1. The average Bonchev–Trinajstić information content (AvgIpc) is 2.54. The number of para-hydroxylation sites is 2. The fourth-order valence-electron chi connectivity index (χ4n) is 1.95. The molecule has 0 spiro atoms. The molecule has 2 aliphatic heterocycles. The maximum absolute atomic E-state index is 8.63. The van der Waals surface area contributed by atoms with Crippen molar-refractivity contribution >= 4 is 17.8 Å². The first-order valence-electron chi connectivity index (χ1n) is 6.59. The molecule has 2 aromatic rings. The van der Waals surface area contributed by atoms with Gasteiger partial charge in [0.25, 0.3) is 0 Å². The summed E-state index contributed by atoms with van der Waals surface area (Å²) in [7, 11) is 0. The highest BCUT2D eigenvalue weighted by Crippen LogP contribution is 2.38. The lowest BCUT2D eigenvalue weighted by atomic mass is 10.1. The Bertz CT molecular complexity index is 715. The Morgan fingerprint density at radius 3 is 2.43 bits per heavy atom. The molecule has 0 fully saturated rings. The van der Waals surface area contributed by atoms with E-state index in [9.17, 15) is 0 Å². The minimum absolute atomic E-state index is 0.322. The molecule has 2 aliphatic rings. The van der Waals surface area contributed by atoms with Crippen molar-refractivity contribution in [2.24, 2.45) is 0 Å². The van der Waals surface area contributed by atoms with E-state index >= 15 is 0 Å². The highest BCUT2D eigenvalue weighted by atomic mass is 32.2. The minimum Gasteiger partial charge on any atom is -0.508 e. The molecule has 3 heteroatoms. The van der Waals surface area contributed by atoms with Crippen LogP contribution >= 0.6 is 11.8 Å². The number of phenols is 1. The number of benzene rings is 2. The first-order chi connectivity index (χ1) is 10.3. The largest absolute Gasteiger partial charge is 0.508 e. The van der Waals surface area contributed by atoms with Crippen molar-refractivity contribution < 1.29 is 9.84 Å². The summed E-state index contributed by atoms with van der Waals surface area (Å²) < 4.78 is 5.76. The van der Waals surface area contributed by atoms with Crippen LogP contribution < -0.4 is 4.74 Å². The second kappa shape index (κ2) is 6.37. The molecule has 1 N–H and O–H groups in total. The van der Waals surface area contributed by atoms with Gasteiger partial charge in [0, 0.05) is 5.56 Å². The number of phenolic OH excluding ortho intramolecular Hbond substituents is 1. The molecule has 0 atom stereocenters. The summed E-state index contributed by atoms with van der Waals surface area (Å²) in [4.78, 5) is 1.19. The van der Waals surface area contributed by atoms with Crippen LogP contribution in [-0.4, -0.2) is 5.11 Å². The molecule has 2 heterocycles. The summed E-state index contributed by atoms with van der Waals surface area (Å²) in [5.41, 5.74) is 1.16. The van der Waals surface area contributed by atoms with Gasteiger partial charge >= 0.3 is 0 Å². The van der Waals surface area contributed by atoms with E-state index in [-0.39, 0.29) is 0 Å². The predicted octanol–water partition coefficient (Wildman–Crippen LogP) is 4.96. The van der Waals surface area contributed by atoms with Crippen molar-refractivity contribution in [3.8, 4) is 11.5 Å². The smallest absolute Gasteiger partial charge is 0.141 e. The van der Waals surface area contributed by atoms with Crippen molar-refractivity contribution in [1.29, 1.82) is 0 Å². The third-order valence-corrected chi connectivity index (χ3v) is 3.81. The lowest BCUT2D eigenvalue weighted by Gasteiger charge is -2.20. The number of hydrogen-bond acceptors (Lipinski definition) is 3. The van der Waals surface area contributed by atoms with Crippen LogP contribution in [0.4, 0.5) is 0 Å². The van der Waals surface area contributed by atoms with Gasteiger partial charge in [-0.3, -0.25) is 0 Å². The number of fused-ring (bicyclic) bond motifs is 2. The van der Waals surface area contributed by atoms with Gasteiger partial charge in [-0.05, 0) is 35.8 Å². The summed E-state index contributed by atoms with van der Waals surface area (Å²) in [6.07, 6.45) is 6.17. The molecule has 0 aromatic heterocycles. The zero-order valence-corrected chi connectivity index (χ0v) is 12.1. The van der Waals surface area contributed by atoms with Crippen molar-refractivity contribution in [2.75, 3.05) is 0 Å². The molecular weight excluding hydrogens is 280 g/mol. The molecule has 0 aliphatic carbocycles. The van der Waals surface area contributed by atoms with Gasteiger partial charge in [-0.1, -0.05) is 54.2 Å². The van der Waals surface area contributed by atoms with Gasteiger partial charge in [-0.15, -0.1) is 0 Å². The van der Waals surface area contributed by atoms with E-state index in [0.717, 1.165) is 17.1 Å². The summed E-state index contributed by atoms with van der Waals surface area (Å²) in [6, 6.07) is 16.8. The number of allylic oxidation sites excluding steroid dienone is 2. The second-order valence-corrected chi connectivity index (χ2v) is 5.41. The summed E-state index contributed by atoms with van der Waals surface area (Å²) in [5.74, 6) is 2.22. The molecule has 2 nitrogen and oxygen atoms in total. The highest BCUT2D eigenvalue weighted by molar-refractivity contribution is 8.06. The number of aromatic hydroxyl groups is 1. The van der Waals surface area contributed by atoms with Crippen LogP contribution in [0.15, 0.2) is 82.8 Å². The molecule has 21 heavy (non-hydrogen) atoms. The Balaban J connectivity index is 0.000000160. The van der Waals surface area contributed by atoms with Gasteiger partial charge in [-0.2, -0.15) is 0 Å². The average molecular weight is 294 g/mol. The molecule has 0 amide bonds. The zero-order valence-electron chi connectivity index (χ0n) is 11.3. The van der Waals surface area contributed by atoms with E-state index in [1.807, 2.05) is 36.4 Å². The topological polar surface area (TPSA) is 29.5 Å². The Morgan fingerprint density at radius 1 is 0.905 bits per heavy atom. The molecular formula is C18H14O2S. The third-order valence-electron chi connectivity index (χ3n) is 2.95. The molecule has 0 radical (unpaired) electrons. The fourth-order valence-corrected chi connectivity index (χ4v) is 2.67. The monoisotopic (exact) mass is 294 g/mol. The number of hydrogen-bond donors (Lipinski definition) is 1. The molecule has 4 rings (SSSR count). The van der Waals surface area contributed by atoms with Crippen LogP contribution in [-0.2, 0) is 0 Å². The van der Waals surface area contributed by atoms with Gasteiger partial charge < -0.3 is 9.84 Å². The fraction of sp³-hybridized carbons (Fsp3) is 0. The summed E-state index contributed by atoms with van der Waals surface area (Å²) >= 11 is 1.70. The van der Waals surface area contributed by atoms with E-state index in [1.165, 1.54) is 4.91 Å². The maximum Gasteiger partial charge on any atom is 0.141 e. The Labute approximate surface area is 128 Å². The zero-order chi connectivity index (χ0) is 14.5. The third kappa shape index (κ3) is 3.38. The number of thioether (sulfide) groups is 1. The molecule has 0 unspecified atom stereocenters. The molecule has 0 saturated carbocycles. The van der Waals surface area contributed by atoms with Crippen LogP contribution in [0.25, 0.3) is 6.08 Å². The van der Waals surface area contributed by atoms with Gasteiger partial charge in [0.2, 0.25) is 0 Å². The lowest BCUT2D eigenvalue weighted by Crippen LogP contribution is -2.04. The van der Waals surface area contributed by atoms with E-state index < -0.39 is 0 Å². The second-order valence-electron chi connectivity index (χ2n) is 4.46. The van der Waals surface area contributed by atoms with E-state index in [1.54, 1.807) is 36.0 Å². The van der Waals surface area contributed by atoms with Gasteiger partial charge in [0.15, 0.2) is 0 Å². The predicted molar refractivity (Wildman–Crippen MR) is 88.0 cm³/mol. The van der Waals surface area contributed by atoms with Crippen LogP contribution in [0.3, 0.4) is 0 Å². The van der Waals surface area contributed by atoms with Crippen LogP contribution in [0, 0.1) is 0 Å². The Morgan fingerprint density at radius 2 is 1.67 bits per heavy atom. The van der Waals surface area contributed by atoms with E-state index in [4.69, 9.17) is 9.84 Å². The number of rotatable bonds is 0. The molecule has 0 bridgehead atoms. The Kier molecular flexibility index (Phi) is 4.12. The molecule has 2 aromatic carbocycles. The normalized spacial score (nSPS) is 14.5.